The van der Waals surface area contributed by atoms with Crippen LogP contribution >= 0.6 is 0 Å². The molecular weight excluding hydrogens is 258 g/mol. The Hall–Kier alpha value is -1.85. The molecule has 2 aromatic carbocycles. The monoisotopic (exact) mass is 274 g/mol. The summed E-state index contributed by atoms with van der Waals surface area (Å²) in [5.74, 6) is 0.121. The number of halogens is 1. The maximum atomic E-state index is 13.3. The first-order valence-electron chi connectivity index (χ1n) is 6.32. The minimum absolute atomic E-state index is 0.146. The Morgan fingerprint density at radius 3 is 2.55 bits per heavy atom. The molecule has 0 spiro atoms. The molecule has 0 aliphatic rings. The summed E-state index contributed by atoms with van der Waals surface area (Å²) in [5, 5.41) is 18.1. The molecule has 0 saturated heterocycles. The summed E-state index contributed by atoms with van der Waals surface area (Å²) in [6.07, 6.45) is 0. The summed E-state index contributed by atoms with van der Waals surface area (Å²) in [7, 11) is -1.82. The summed E-state index contributed by atoms with van der Waals surface area (Å²) < 4.78 is 19.0. The normalized spacial score (nSPS) is 10.4. The number of rotatable bonds is 4. The third-order valence-corrected chi connectivity index (χ3v) is 3.08. The molecule has 0 atom stereocenters. The van der Waals surface area contributed by atoms with Gasteiger partial charge in [-0.3, -0.25) is 0 Å². The molecule has 20 heavy (non-hydrogen) atoms. The van der Waals surface area contributed by atoms with Gasteiger partial charge in [0.05, 0.1) is 0 Å². The molecule has 2 N–H and O–H groups in total. The second kappa shape index (κ2) is 6.07. The van der Waals surface area contributed by atoms with E-state index < -0.39 is 12.9 Å². The second-order valence-corrected chi connectivity index (χ2v) is 4.79. The summed E-state index contributed by atoms with van der Waals surface area (Å²) in [4.78, 5) is 0. The molecule has 0 unspecified atom stereocenters. The van der Waals surface area contributed by atoms with Crippen LogP contribution in [0.4, 0.5) is 4.39 Å². The molecule has 2 rings (SSSR count). The molecule has 0 aliphatic carbocycles. The van der Waals surface area contributed by atoms with Gasteiger partial charge in [0.1, 0.15) is 18.2 Å². The van der Waals surface area contributed by atoms with Gasteiger partial charge < -0.3 is 14.8 Å². The highest BCUT2D eigenvalue weighted by Gasteiger charge is 2.16. The molecule has 3 nitrogen and oxygen atoms in total. The molecule has 0 heterocycles. The fourth-order valence-electron chi connectivity index (χ4n) is 1.90. The quantitative estimate of drug-likeness (QED) is 0.834. The molecule has 5 heteroatoms. The predicted octanol–water partition coefficient (Wildman–Crippen LogP) is 1.70. The SMILES string of the molecule is Cc1ccc(C)c(OCc2ccc(F)c(B(O)O)c2)c1. The van der Waals surface area contributed by atoms with E-state index in [9.17, 15) is 4.39 Å². The molecule has 0 aliphatic heterocycles. The minimum Gasteiger partial charge on any atom is -0.489 e. The van der Waals surface area contributed by atoms with Gasteiger partial charge in [-0.05, 0) is 42.7 Å². The van der Waals surface area contributed by atoms with Crippen molar-refractivity contribution in [3.05, 3.63) is 58.9 Å². The zero-order valence-electron chi connectivity index (χ0n) is 11.4. The average Bonchev–Trinajstić information content (AvgIpc) is 2.41. The number of hydrogen-bond acceptors (Lipinski definition) is 3. The van der Waals surface area contributed by atoms with E-state index >= 15 is 0 Å². The van der Waals surface area contributed by atoms with Crippen LogP contribution in [0.2, 0.25) is 0 Å². The summed E-state index contributed by atoms with van der Waals surface area (Å²) in [6, 6.07) is 10.1. The van der Waals surface area contributed by atoms with Crippen molar-refractivity contribution in [2.75, 3.05) is 0 Å². The van der Waals surface area contributed by atoms with Crippen molar-refractivity contribution in [3.63, 3.8) is 0 Å². The Bertz CT molecular complexity index is 614. The molecule has 0 fully saturated rings. The van der Waals surface area contributed by atoms with Gasteiger partial charge in [-0.2, -0.15) is 0 Å². The van der Waals surface area contributed by atoms with E-state index in [1.165, 1.54) is 12.1 Å². The zero-order valence-corrected chi connectivity index (χ0v) is 11.4. The first kappa shape index (κ1) is 14.6. The van der Waals surface area contributed by atoms with E-state index in [1.807, 2.05) is 32.0 Å². The fourth-order valence-corrected chi connectivity index (χ4v) is 1.90. The Kier molecular flexibility index (Phi) is 4.42. The highest BCUT2D eigenvalue weighted by molar-refractivity contribution is 6.58. The smallest absolute Gasteiger partial charge is 0.489 e. The third-order valence-electron chi connectivity index (χ3n) is 3.08. The maximum Gasteiger partial charge on any atom is 0.491 e. The van der Waals surface area contributed by atoms with Gasteiger partial charge in [0, 0.05) is 5.46 Å². The van der Waals surface area contributed by atoms with Crippen LogP contribution in [0, 0.1) is 19.7 Å². The molecule has 0 radical (unpaired) electrons. The predicted molar refractivity (Wildman–Crippen MR) is 76.5 cm³/mol. The first-order chi connectivity index (χ1) is 9.47. The van der Waals surface area contributed by atoms with Gasteiger partial charge in [-0.1, -0.05) is 24.3 Å². The van der Waals surface area contributed by atoms with Gasteiger partial charge in [-0.15, -0.1) is 0 Å². The van der Waals surface area contributed by atoms with Crippen molar-refractivity contribution in [2.45, 2.75) is 20.5 Å². The van der Waals surface area contributed by atoms with Crippen molar-refractivity contribution >= 4 is 12.6 Å². The maximum absolute atomic E-state index is 13.3. The van der Waals surface area contributed by atoms with Gasteiger partial charge in [0.25, 0.3) is 0 Å². The molecule has 0 bridgehead atoms. The molecule has 2 aromatic rings. The van der Waals surface area contributed by atoms with Crippen LogP contribution in [0.3, 0.4) is 0 Å². The van der Waals surface area contributed by atoms with Crippen molar-refractivity contribution in [1.29, 1.82) is 0 Å². The summed E-state index contributed by atoms with van der Waals surface area (Å²) >= 11 is 0. The van der Waals surface area contributed by atoms with E-state index in [2.05, 4.69) is 0 Å². The van der Waals surface area contributed by atoms with Crippen LogP contribution in [-0.4, -0.2) is 17.2 Å². The largest absolute Gasteiger partial charge is 0.491 e. The molecular formula is C15H16BFO3. The van der Waals surface area contributed by atoms with E-state index in [1.54, 1.807) is 6.07 Å². The van der Waals surface area contributed by atoms with Crippen LogP contribution in [0.5, 0.6) is 5.75 Å². The van der Waals surface area contributed by atoms with Crippen LogP contribution in [0.15, 0.2) is 36.4 Å². The Labute approximate surface area is 117 Å². The highest BCUT2D eigenvalue weighted by atomic mass is 19.1. The van der Waals surface area contributed by atoms with Gasteiger partial charge in [0.2, 0.25) is 0 Å². The van der Waals surface area contributed by atoms with Crippen LogP contribution in [-0.2, 0) is 6.61 Å². The lowest BCUT2D eigenvalue weighted by molar-refractivity contribution is 0.304. The van der Waals surface area contributed by atoms with Crippen molar-refractivity contribution in [3.8, 4) is 5.75 Å². The highest BCUT2D eigenvalue weighted by Crippen LogP contribution is 2.20. The number of aryl methyl sites for hydroxylation is 2. The first-order valence-corrected chi connectivity index (χ1v) is 6.32. The fraction of sp³-hybridized carbons (Fsp3) is 0.200. The van der Waals surface area contributed by atoms with Crippen LogP contribution in [0.25, 0.3) is 0 Å². The van der Waals surface area contributed by atoms with Gasteiger partial charge >= 0.3 is 7.12 Å². The van der Waals surface area contributed by atoms with E-state index in [4.69, 9.17) is 14.8 Å². The van der Waals surface area contributed by atoms with Crippen LogP contribution < -0.4 is 10.2 Å². The molecule has 0 aromatic heterocycles. The van der Waals surface area contributed by atoms with E-state index in [-0.39, 0.29) is 12.1 Å². The Morgan fingerprint density at radius 1 is 1.10 bits per heavy atom. The molecule has 0 amide bonds. The Morgan fingerprint density at radius 2 is 1.85 bits per heavy atom. The number of benzene rings is 2. The van der Waals surface area contributed by atoms with Gasteiger partial charge in [0.15, 0.2) is 0 Å². The molecule has 0 saturated carbocycles. The molecule has 104 valence electrons. The third kappa shape index (κ3) is 3.38. The zero-order chi connectivity index (χ0) is 14.7. The lowest BCUT2D eigenvalue weighted by Gasteiger charge is -2.11. The summed E-state index contributed by atoms with van der Waals surface area (Å²) in [6.45, 7) is 4.16. The van der Waals surface area contributed by atoms with Crippen molar-refractivity contribution in [1.82, 2.24) is 0 Å². The van der Waals surface area contributed by atoms with Crippen molar-refractivity contribution < 1.29 is 19.2 Å². The second-order valence-electron chi connectivity index (χ2n) is 4.79. The topological polar surface area (TPSA) is 49.7 Å². The average molecular weight is 274 g/mol. The van der Waals surface area contributed by atoms with Gasteiger partial charge in [-0.25, -0.2) is 4.39 Å². The van der Waals surface area contributed by atoms with E-state index in [0.717, 1.165) is 16.9 Å². The summed E-state index contributed by atoms with van der Waals surface area (Å²) in [5.41, 5.74) is 2.64. The lowest BCUT2D eigenvalue weighted by Crippen LogP contribution is -2.33. The Balaban J connectivity index is 2.15. The lowest BCUT2D eigenvalue weighted by atomic mass is 9.79. The van der Waals surface area contributed by atoms with Crippen LogP contribution in [0.1, 0.15) is 16.7 Å². The minimum atomic E-state index is -1.82. The number of hydrogen-bond donors (Lipinski definition) is 2. The number of ether oxygens (including phenoxy) is 1. The van der Waals surface area contributed by atoms with Crippen molar-refractivity contribution in [2.24, 2.45) is 0 Å². The van der Waals surface area contributed by atoms with E-state index in [0.29, 0.717) is 5.56 Å². The standard InChI is InChI=1S/C15H16BFO3/c1-10-3-4-11(2)15(7-10)20-9-12-5-6-14(17)13(8-12)16(18)19/h3-8,18-19H,9H2,1-2H3.